The zero-order valence-corrected chi connectivity index (χ0v) is 9.80. The molecule has 0 radical (unpaired) electrons. The third kappa shape index (κ3) is 1.94. The Hall–Kier alpha value is -2.64. The Morgan fingerprint density at radius 3 is 2.70 bits per heavy atom. The quantitative estimate of drug-likeness (QED) is 0.932. The van der Waals surface area contributed by atoms with Crippen molar-refractivity contribution in [3.8, 4) is 23.0 Å². The first kappa shape index (κ1) is 12.4. The molecule has 0 amide bonds. The molecule has 1 aliphatic heterocycles. The van der Waals surface area contributed by atoms with E-state index in [0.29, 0.717) is 17.1 Å². The summed E-state index contributed by atoms with van der Waals surface area (Å²) in [5.74, 6) is -1.76. The lowest BCUT2D eigenvalue weighted by Crippen LogP contribution is -1.99. The molecule has 0 spiro atoms. The fraction of sp³-hybridized carbons (Fsp3) is 0.167. The largest absolute Gasteiger partial charge is 0.475 e. The van der Waals surface area contributed by atoms with Crippen molar-refractivity contribution < 1.29 is 32.6 Å². The number of ether oxygens (including phenoxy) is 2. The minimum absolute atomic E-state index is 0.0625. The van der Waals surface area contributed by atoms with Gasteiger partial charge in [-0.3, -0.25) is 0 Å². The van der Waals surface area contributed by atoms with Crippen LogP contribution in [0, 0.1) is 0 Å². The van der Waals surface area contributed by atoms with Crippen LogP contribution in [0.5, 0.6) is 11.5 Å². The van der Waals surface area contributed by atoms with Gasteiger partial charge in [0.1, 0.15) is 0 Å². The highest BCUT2D eigenvalue weighted by Crippen LogP contribution is 2.36. The second kappa shape index (κ2) is 4.48. The number of alkyl halides is 2. The molecule has 0 bridgehead atoms. The van der Waals surface area contributed by atoms with Gasteiger partial charge in [-0.05, 0) is 18.2 Å². The summed E-state index contributed by atoms with van der Waals surface area (Å²) in [7, 11) is 0. The van der Waals surface area contributed by atoms with Crippen LogP contribution in [0.1, 0.15) is 22.7 Å². The molecule has 0 saturated carbocycles. The molecule has 1 aromatic carbocycles. The summed E-state index contributed by atoms with van der Waals surface area (Å²) in [6.07, 6.45) is -3.03. The van der Waals surface area contributed by atoms with E-state index in [9.17, 15) is 13.6 Å². The van der Waals surface area contributed by atoms with Crippen LogP contribution >= 0.6 is 0 Å². The Kier molecular flexibility index (Phi) is 2.78. The number of rotatable bonds is 3. The molecule has 3 rings (SSSR count). The molecule has 104 valence electrons. The Bertz CT molecular complexity index is 682. The molecule has 1 aromatic heterocycles. The molecule has 0 saturated heterocycles. The lowest BCUT2D eigenvalue weighted by atomic mass is 10.2. The van der Waals surface area contributed by atoms with Crippen LogP contribution in [0.15, 0.2) is 22.6 Å². The summed E-state index contributed by atoms with van der Waals surface area (Å²) in [5, 5.41) is 8.82. The SMILES string of the molecule is O=C(O)c1oc(-c2ccc3c(c2)OCO3)nc1C(F)F. The third-order valence-corrected chi connectivity index (χ3v) is 2.67. The van der Waals surface area contributed by atoms with Gasteiger partial charge in [0, 0.05) is 5.56 Å². The summed E-state index contributed by atoms with van der Waals surface area (Å²) in [5.41, 5.74) is -0.575. The lowest BCUT2D eigenvalue weighted by molar-refractivity contribution is 0.0647. The zero-order chi connectivity index (χ0) is 14.3. The highest BCUT2D eigenvalue weighted by Gasteiger charge is 2.27. The number of oxazole rings is 1. The first-order valence-corrected chi connectivity index (χ1v) is 5.48. The number of nitrogens with zero attached hydrogens (tertiary/aromatic N) is 1. The molecule has 2 heterocycles. The van der Waals surface area contributed by atoms with Gasteiger partial charge in [-0.15, -0.1) is 0 Å². The van der Waals surface area contributed by atoms with Crippen molar-refractivity contribution >= 4 is 5.97 Å². The van der Waals surface area contributed by atoms with Crippen LogP contribution in [-0.4, -0.2) is 22.9 Å². The first-order valence-electron chi connectivity index (χ1n) is 5.48. The molecular formula is C12H7F2NO5. The van der Waals surface area contributed by atoms with E-state index in [4.69, 9.17) is 19.0 Å². The summed E-state index contributed by atoms with van der Waals surface area (Å²) >= 11 is 0. The van der Waals surface area contributed by atoms with E-state index in [1.165, 1.54) is 12.1 Å². The average Bonchev–Trinajstić information content (AvgIpc) is 3.04. The number of benzene rings is 1. The van der Waals surface area contributed by atoms with Crippen molar-refractivity contribution in [3.05, 3.63) is 29.7 Å². The molecule has 0 aliphatic carbocycles. The van der Waals surface area contributed by atoms with E-state index in [2.05, 4.69) is 4.98 Å². The van der Waals surface area contributed by atoms with Gasteiger partial charge in [0.15, 0.2) is 17.2 Å². The van der Waals surface area contributed by atoms with Gasteiger partial charge < -0.3 is 19.0 Å². The highest BCUT2D eigenvalue weighted by atomic mass is 19.3. The van der Waals surface area contributed by atoms with Gasteiger partial charge in [-0.2, -0.15) is 0 Å². The highest BCUT2D eigenvalue weighted by molar-refractivity contribution is 5.86. The number of hydrogen-bond donors (Lipinski definition) is 1. The van der Waals surface area contributed by atoms with E-state index in [1.807, 2.05) is 0 Å². The third-order valence-electron chi connectivity index (χ3n) is 2.67. The Labute approximate surface area is 110 Å². The smallest absolute Gasteiger partial charge is 0.374 e. The molecular weight excluding hydrogens is 276 g/mol. The molecule has 20 heavy (non-hydrogen) atoms. The van der Waals surface area contributed by atoms with Crippen LogP contribution < -0.4 is 9.47 Å². The predicted molar refractivity (Wildman–Crippen MR) is 60.0 cm³/mol. The summed E-state index contributed by atoms with van der Waals surface area (Å²) in [4.78, 5) is 14.4. The number of aromatic nitrogens is 1. The molecule has 8 heteroatoms. The summed E-state index contributed by atoms with van der Waals surface area (Å²) in [6, 6.07) is 4.56. The number of fused-ring (bicyclic) bond motifs is 1. The number of carboxylic acids is 1. The van der Waals surface area contributed by atoms with Crippen molar-refractivity contribution in [2.24, 2.45) is 0 Å². The van der Waals surface area contributed by atoms with Crippen molar-refractivity contribution in [1.29, 1.82) is 0 Å². The molecule has 1 N–H and O–H groups in total. The van der Waals surface area contributed by atoms with Gasteiger partial charge in [0.25, 0.3) is 6.43 Å². The minimum Gasteiger partial charge on any atom is -0.475 e. The fourth-order valence-corrected chi connectivity index (χ4v) is 1.79. The Morgan fingerprint density at radius 1 is 1.30 bits per heavy atom. The number of halogens is 2. The van der Waals surface area contributed by atoms with Crippen LogP contribution in [0.2, 0.25) is 0 Å². The fourth-order valence-electron chi connectivity index (χ4n) is 1.79. The zero-order valence-electron chi connectivity index (χ0n) is 9.80. The standard InChI is InChI=1S/C12H7F2NO5/c13-10(14)8-9(12(16)17)20-11(15-8)5-1-2-6-7(3-5)19-4-18-6/h1-3,10H,4H2,(H,16,17). The van der Waals surface area contributed by atoms with Crippen molar-refractivity contribution in [3.63, 3.8) is 0 Å². The maximum Gasteiger partial charge on any atom is 0.374 e. The number of aromatic carboxylic acids is 1. The average molecular weight is 283 g/mol. The van der Waals surface area contributed by atoms with Crippen LogP contribution in [0.3, 0.4) is 0 Å². The maximum atomic E-state index is 12.7. The molecule has 2 aromatic rings. The van der Waals surface area contributed by atoms with Gasteiger partial charge in [0.05, 0.1) is 0 Å². The van der Waals surface area contributed by atoms with Crippen LogP contribution in [0.25, 0.3) is 11.5 Å². The van der Waals surface area contributed by atoms with Gasteiger partial charge in [0.2, 0.25) is 18.4 Å². The second-order valence-corrected chi connectivity index (χ2v) is 3.91. The molecule has 1 aliphatic rings. The van der Waals surface area contributed by atoms with E-state index in [-0.39, 0.29) is 12.7 Å². The maximum absolute atomic E-state index is 12.7. The lowest BCUT2D eigenvalue weighted by Gasteiger charge is -1.98. The van der Waals surface area contributed by atoms with Gasteiger partial charge in [-0.1, -0.05) is 0 Å². The van der Waals surface area contributed by atoms with Gasteiger partial charge >= 0.3 is 5.97 Å². The van der Waals surface area contributed by atoms with Crippen LogP contribution in [-0.2, 0) is 0 Å². The number of carbonyl (C=O) groups is 1. The predicted octanol–water partition coefficient (Wildman–Crippen LogP) is 2.71. The monoisotopic (exact) mass is 283 g/mol. The van der Waals surface area contributed by atoms with E-state index in [0.717, 1.165) is 0 Å². The topological polar surface area (TPSA) is 81.8 Å². The minimum atomic E-state index is -3.03. The first-order chi connectivity index (χ1) is 9.56. The van der Waals surface area contributed by atoms with Crippen molar-refractivity contribution in [2.75, 3.05) is 6.79 Å². The van der Waals surface area contributed by atoms with E-state index >= 15 is 0 Å². The van der Waals surface area contributed by atoms with E-state index < -0.39 is 23.8 Å². The number of carboxylic acid groups (broad SMARTS) is 1. The van der Waals surface area contributed by atoms with Crippen LogP contribution in [0.4, 0.5) is 8.78 Å². The van der Waals surface area contributed by atoms with Crippen molar-refractivity contribution in [2.45, 2.75) is 6.43 Å². The number of hydrogen-bond acceptors (Lipinski definition) is 5. The molecule has 6 nitrogen and oxygen atoms in total. The van der Waals surface area contributed by atoms with Crippen molar-refractivity contribution in [1.82, 2.24) is 4.98 Å². The summed E-state index contributed by atoms with van der Waals surface area (Å²) in [6.45, 7) is 0.0625. The Morgan fingerprint density at radius 2 is 2.05 bits per heavy atom. The second-order valence-electron chi connectivity index (χ2n) is 3.91. The normalized spacial score (nSPS) is 12.9. The van der Waals surface area contributed by atoms with Gasteiger partial charge in [-0.25, -0.2) is 18.6 Å². The molecule has 0 unspecified atom stereocenters. The molecule has 0 atom stereocenters. The molecule has 0 fully saturated rings. The summed E-state index contributed by atoms with van der Waals surface area (Å²) < 4.78 is 40.6. The van der Waals surface area contributed by atoms with E-state index in [1.54, 1.807) is 6.07 Å². The Balaban J connectivity index is 2.06.